The van der Waals surface area contributed by atoms with Gasteiger partial charge in [-0.2, -0.15) is 0 Å². The zero-order chi connectivity index (χ0) is 17.4. The lowest BCUT2D eigenvalue weighted by molar-refractivity contribution is 0.102. The minimum absolute atomic E-state index is 0.318. The number of methoxy groups -OCH3 is 2. The Kier molecular flexibility index (Phi) is 6.36. The van der Waals surface area contributed by atoms with Gasteiger partial charge in [0.2, 0.25) is 5.95 Å². The summed E-state index contributed by atoms with van der Waals surface area (Å²) < 4.78 is 10.4. The topological polar surface area (TPSA) is 85.4 Å². The van der Waals surface area contributed by atoms with E-state index in [9.17, 15) is 4.79 Å². The maximum Gasteiger partial charge on any atom is 0.258 e. The summed E-state index contributed by atoms with van der Waals surface area (Å²) in [7, 11) is 3.10. The lowest BCUT2D eigenvalue weighted by Crippen LogP contribution is -2.14. The van der Waals surface area contributed by atoms with E-state index < -0.39 is 0 Å². The van der Waals surface area contributed by atoms with E-state index >= 15 is 0 Å². The van der Waals surface area contributed by atoms with Crippen molar-refractivity contribution in [3.8, 4) is 11.5 Å². The highest BCUT2D eigenvalue weighted by atomic mass is 16.5. The van der Waals surface area contributed by atoms with E-state index in [1.54, 1.807) is 25.3 Å². The van der Waals surface area contributed by atoms with Crippen LogP contribution < -0.4 is 20.1 Å². The second-order valence-corrected chi connectivity index (χ2v) is 5.10. The lowest BCUT2D eigenvalue weighted by atomic mass is 10.2. The molecule has 1 aromatic heterocycles. The number of nitrogens with zero attached hydrogens (tertiary/aromatic N) is 2. The Balaban J connectivity index is 2.06. The van der Waals surface area contributed by atoms with Crippen LogP contribution in [0.4, 0.5) is 11.6 Å². The number of carbonyl (C=O) groups is 1. The van der Waals surface area contributed by atoms with Crippen molar-refractivity contribution in [3.63, 3.8) is 0 Å². The van der Waals surface area contributed by atoms with Crippen LogP contribution in [0.1, 0.15) is 30.1 Å². The zero-order valence-corrected chi connectivity index (χ0v) is 14.1. The van der Waals surface area contributed by atoms with Gasteiger partial charge in [0.25, 0.3) is 5.91 Å². The molecular weight excluding hydrogens is 308 g/mol. The molecule has 24 heavy (non-hydrogen) atoms. The molecule has 0 bridgehead atoms. The molecule has 0 saturated carbocycles. The van der Waals surface area contributed by atoms with Crippen molar-refractivity contribution >= 4 is 17.5 Å². The number of benzene rings is 1. The summed E-state index contributed by atoms with van der Waals surface area (Å²) in [6.45, 7) is 2.92. The van der Waals surface area contributed by atoms with Gasteiger partial charge in [-0.1, -0.05) is 13.3 Å². The van der Waals surface area contributed by atoms with Crippen LogP contribution in [0.15, 0.2) is 30.6 Å². The van der Waals surface area contributed by atoms with E-state index in [-0.39, 0.29) is 5.91 Å². The Morgan fingerprint density at radius 3 is 2.54 bits per heavy atom. The van der Waals surface area contributed by atoms with Crippen LogP contribution >= 0.6 is 0 Å². The van der Waals surface area contributed by atoms with Gasteiger partial charge in [0.1, 0.15) is 11.5 Å². The molecule has 0 aliphatic carbocycles. The fourth-order valence-electron chi connectivity index (χ4n) is 2.02. The first-order valence-electron chi connectivity index (χ1n) is 7.77. The molecule has 0 aliphatic heterocycles. The van der Waals surface area contributed by atoms with E-state index in [4.69, 9.17) is 9.47 Å². The first-order valence-corrected chi connectivity index (χ1v) is 7.77. The number of ether oxygens (including phenoxy) is 2. The van der Waals surface area contributed by atoms with Crippen molar-refractivity contribution in [2.75, 3.05) is 31.4 Å². The molecule has 0 atom stereocenters. The molecule has 2 N–H and O–H groups in total. The van der Waals surface area contributed by atoms with Gasteiger partial charge in [-0.05, 0) is 18.6 Å². The highest BCUT2D eigenvalue weighted by Gasteiger charge is 2.12. The van der Waals surface area contributed by atoms with Crippen LogP contribution in [0.5, 0.6) is 11.5 Å². The molecule has 2 rings (SSSR count). The van der Waals surface area contributed by atoms with E-state index in [0.717, 1.165) is 19.4 Å². The largest absolute Gasteiger partial charge is 0.497 e. The van der Waals surface area contributed by atoms with Crippen LogP contribution in [0, 0.1) is 0 Å². The first kappa shape index (κ1) is 17.5. The highest BCUT2D eigenvalue weighted by Crippen LogP contribution is 2.29. The predicted molar refractivity (Wildman–Crippen MR) is 92.9 cm³/mol. The van der Waals surface area contributed by atoms with E-state index in [2.05, 4.69) is 27.5 Å². The number of unbranched alkanes of at least 4 members (excludes halogenated alkanes) is 1. The quantitative estimate of drug-likeness (QED) is 0.724. The standard InChI is InChI=1S/C17H22N4O3/c1-4-5-8-18-17-19-10-12(11-20-17)16(22)21-14-9-13(23-2)6-7-15(14)24-3/h6-7,9-11H,4-5,8H2,1-3H3,(H,21,22)(H,18,19,20). The fraction of sp³-hybridized carbons (Fsp3) is 0.353. The normalized spacial score (nSPS) is 10.1. The third-order valence-corrected chi connectivity index (χ3v) is 3.38. The zero-order valence-electron chi connectivity index (χ0n) is 14.1. The number of hydrogen-bond acceptors (Lipinski definition) is 6. The van der Waals surface area contributed by atoms with Gasteiger partial charge in [0, 0.05) is 25.0 Å². The number of amides is 1. The fourth-order valence-corrected chi connectivity index (χ4v) is 2.02. The Labute approximate surface area is 141 Å². The Morgan fingerprint density at radius 2 is 1.92 bits per heavy atom. The number of carbonyl (C=O) groups excluding carboxylic acids is 1. The van der Waals surface area contributed by atoms with Crippen LogP contribution in [-0.4, -0.2) is 36.6 Å². The van der Waals surface area contributed by atoms with Crippen molar-refractivity contribution in [3.05, 3.63) is 36.2 Å². The molecule has 1 amide bonds. The lowest BCUT2D eigenvalue weighted by Gasteiger charge is -2.11. The monoisotopic (exact) mass is 330 g/mol. The molecule has 0 radical (unpaired) electrons. The summed E-state index contributed by atoms with van der Waals surface area (Å²) in [5.74, 6) is 1.36. The number of rotatable bonds is 8. The smallest absolute Gasteiger partial charge is 0.258 e. The Bertz CT molecular complexity index is 674. The minimum Gasteiger partial charge on any atom is -0.497 e. The maximum absolute atomic E-state index is 12.3. The molecule has 2 aromatic rings. The summed E-state index contributed by atoms with van der Waals surface area (Å²) >= 11 is 0. The number of aromatic nitrogens is 2. The molecule has 0 spiro atoms. The molecule has 7 heteroatoms. The number of anilines is 2. The molecule has 0 saturated heterocycles. The Hall–Kier alpha value is -2.83. The van der Waals surface area contributed by atoms with Gasteiger partial charge in [0.05, 0.1) is 25.5 Å². The average Bonchev–Trinajstić information content (AvgIpc) is 2.62. The van der Waals surface area contributed by atoms with Gasteiger partial charge < -0.3 is 20.1 Å². The summed E-state index contributed by atoms with van der Waals surface area (Å²) in [6, 6.07) is 5.18. The van der Waals surface area contributed by atoms with Crippen LogP contribution in [0.2, 0.25) is 0 Å². The second kappa shape index (κ2) is 8.71. The first-order chi connectivity index (χ1) is 11.7. The SMILES string of the molecule is CCCCNc1ncc(C(=O)Nc2cc(OC)ccc2OC)cn1. The van der Waals surface area contributed by atoms with E-state index in [0.29, 0.717) is 28.7 Å². The van der Waals surface area contributed by atoms with Crippen molar-refractivity contribution in [1.82, 2.24) is 9.97 Å². The second-order valence-electron chi connectivity index (χ2n) is 5.10. The molecule has 0 unspecified atom stereocenters. The van der Waals surface area contributed by atoms with Crippen molar-refractivity contribution < 1.29 is 14.3 Å². The molecular formula is C17H22N4O3. The summed E-state index contributed by atoms with van der Waals surface area (Å²) in [5, 5.41) is 5.88. The maximum atomic E-state index is 12.3. The third-order valence-electron chi connectivity index (χ3n) is 3.38. The van der Waals surface area contributed by atoms with Gasteiger partial charge in [-0.25, -0.2) is 9.97 Å². The van der Waals surface area contributed by atoms with Crippen LogP contribution in [0.25, 0.3) is 0 Å². The van der Waals surface area contributed by atoms with Crippen LogP contribution in [0.3, 0.4) is 0 Å². The van der Waals surface area contributed by atoms with Gasteiger partial charge >= 0.3 is 0 Å². The van der Waals surface area contributed by atoms with Gasteiger partial charge in [-0.15, -0.1) is 0 Å². The average molecular weight is 330 g/mol. The molecule has 0 fully saturated rings. The highest BCUT2D eigenvalue weighted by molar-refractivity contribution is 6.04. The van der Waals surface area contributed by atoms with Crippen molar-refractivity contribution in [2.45, 2.75) is 19.8 Å². The van der Waals surface area contributed by atoms with Crippen LogP contribution in [-0.2, 0) is 0 Å². The van der Waals surface area contributed by atoms with E-state index in [1.807, 2.05) is 0 Å². The van der Waals surface area contributed by atoms with Gasteiger partial charge in [-0.3, -0.25) is 4.79 Å². The predicted octanol–water partition coefficient (Wildman–Crippen LogP) is 2.96. The van der Waals surface area contributed by atoms with Crippen molar-refractivity contribution in [1.29, 1.82) is 0 Å². The minimum atomic E-state index is -0.318. The summed E-state index contributed by atoms with van der Waals surface area (Å²) in [6.07, 6.45) is 5.11. The van der Waals surface area contributed by atoms with Crippen molar-refractivity contribution in [2.24, 2.45) is 0 Å². The molecule has 128 valence electrons. The third kappa shape index (κ3) is 4.58. The molecule has 1 aromatic carbocycles. The summed E-state index contributed by atoms with van der Waals surface area (Å²) in [5.41, 5.74) is 0.882. The van der Waals surface area contributed by atoms with E-state index in [1.165, 1.54) is 19.5 Å². The number of nitrogens with one attached hydrogen (secondary N) is 2. The molecule has 7 nitrogen and oxygen atoms in total. The Morgan fingerprint density at radius 1 is 1.17 bits per heavy atom. The molecule has 1 heterocycles. The number of hydrogen-bond donors (Lipinski definition) is 2. The molecule has 0 aliphatic rings. The van der Waals surface area contributed by atoms with Gasteiger partial charge in [0.15, 0.2) is 0 Å². The summed E-state index contributed by atoms with van der Waals surface area (Å²) in [4.78, 5) is 20.6.